The van der Waals surface area contributed by atoms with Crippen LogP contribution in [0.1, 0.15) is 23.6 Å². The number of nitrogens with zero attached hydrogens (tertiary/aromatic N) is 1. The van der Waals surface area contributed by atoms with E-state index in [1.807, 2.05) is 0 Å². The highest BCUT2D eigenvalue weighted by Gasteiger charge is 2.18. The lowest BCUT2D eigenvalue weighted by molar-refractivity contribution is 0.261. The van der Waals surface area contributed by atoms with Crippen LogP contribution in [0.15, 0.2) is 17.1 Å². The molecule has 1 aromatic carbocycles. The van der Waals surface area contributed by atoms with Crippen LogP contribution in [0, 0.1) is 13.8 Å². The molecule has 2 heteroatoms. The molecule has 0 fully saturated rings. The van der Waals surface area contributed by atoms with Gasteiger partial charge in [0.1, 0.15) is 0 Å². The van der Waals surface area contributed by atoms with Gasteiger partial charge in [0, 0.05) is 6.42 Å². The third kappa shape index (κ3) is 1.46. The number of rotatable bonds is 1. The summed E-state index contributed by atoms with van der Waals surface area (Å²) in [5.41, 5.74) is 5.71. The zero-order valence-corrected chi connectivity index (χ0v) is 8.83. The molecule has 2 rings (SSSR count). The molecule has 1 N–H and O–H groups in total. The Bertz CT molecular complexity index is 405. The van der Waals surface area contributed by atoms with Crippen LogP contribution >= 0.6 is 0 Å². The molecule has 1 aliphatic rings. The Morgan fingerprint density at radius 2 is 1.93 bits per heavy atom. The quantitative estimate of drug-likeness (QED) is 0.722. The van der Waals surface area contributed by atoms with Gasteiger partial charge in [-0.2, -0.15) is 0 Å². The van der Waals surface area contributed by atoms with Gasteiger partial charge in [0.25, 0.3) is 0 Å². The molecule has 1 unspecified atom stereocenters. The van der Waals surface area contributed by atoms with Crippen molar-refractivity contribution in [1.82, 2.24) is 0 Å². The van der Waals surface area contributed by atoms with Gasteiger partial charge < -0.3 is 5.11 Å². The lowest BCUT2D eigenvalue weighted by atomic mass is 10.0. The summed E-state index contributed by atoms with van der Waals surface area (Å²) in [6.07, 6.45) is 0.372. The molecule has 2 nitrogen and oxygen atoms in total. The van der Waals surface area contributed by atoms with E-state index < -0.39 is 6.10 Å². The first-order valence-electron chi connectivity index (χ1n) is 4.93. The minimum Gasteiger partial charge on any atom is -0.387 e. The number of aliphatic hydroxyl groups is 1. The molecule has 0 spiro atoms. The average molecular weight is 189 g/mol. The average Bonchev–Trinajstić information content (AvgIpc) is 2.48. The van der Waals surface area contributed by atoms with E-state index in [0.717, 1.165) is 17.8 Å². The maximum Gasteiger partial charge on any atom is 0.0896 e. The molecular formula is C12H15NO. The summed E-state index contributed by atoms with van der Waals surface area (Å²) in [6, 6.07) is 4.27. The van der Waals surface area contributed by atoms with Crippen LogP contribution in [-0.2, 0) is 6.42 Å². The zero-order chi connectivity index (χ0) is 10.3. The first-order chi connectivity index (χ1) is 6.58. The van der Waals surface area contributed by atoms with Crippen LogP contribution < -0.4 is 0 Å². The van der Waals surface area contributed by atoms with E-state index in [2.05, 4.69) is 31.0 Å². The molecular weight excluding hydrogens is 174 g/mol. The molecule has 0 bridgehead atoms. The van der Waals surface area contributed by atoms with Gasteiger partial charge in [0.05, 0.1) is 17.5 Å². The number of aryl methyl sites for hydroxylation is 2. The molecule has 0 aromatic heterocycles. The van der Waals surface area contributed by atoms with Crippen molar-refractivity contribution < 1.29 is 5.11 Å². The highest BCUT2D eigenvalue weighted by atomic mass is 16.3. The van der Waals surface area contributed by atoms with Crippen LogP contribution in [0.3, 0.4) is 0 Å². The second-order valence-corrected chi connectivity index (χ2v) is 4.02. The monoisotopic (exact) mass is 189 g/mol. The molecule has 0 saturated heterocycles. The molecule has 1 atom stereocenters. The van der Waals surface area contributed by atoms with Crippen molar-refractivity contribution in [1.29, 1.82) is 0 Å². The number of hydrogen-bond acceptors (Lipinski definition) is 2. The van der Waals surface area contributed by atoms with Gasteiger partial charge in [0.2, 0.25) is 0 Å². The Labute approximate surface area is 84.3 Å². The Morgan fingerprint density at radius 3 is 2.57 bits per heavy atom. The predicted octanol–water partition coefficient (Wildman–Crippen LogP) is 2.31. The van der Waals surface area contributed by atoms with E-state index in [1.165, 1.54) is 16.7 Å². The van der Waals surface area contributed by atoms with E-state index >= 15 is 0 Å². The van der Waals surface area contributed by atoms with E-state index in [4.69, 9.17) is 0 Å². The lowest BCUT2D eigenvalue weighted by Crippen LogP contribution is -2.15. The summed E-state index contributed by atoms with van der Waals surface area (Å²) in [7, 11) is 0. The molecule has 0 radical (unpaired) electrons. The first kappa shape index (κ1) is 9.41. The Morgan fingerprint density at radius 1 is 1.29 bits per heavy atom. The zero-order valence-electron chi connectivity index (χ0n) is 8.83. The van der Waals surface area contributed by atoms with Gasteiger partial charge in [0.15, 0.2) is 0 Å². The van der Waals surface area contributed by atoms with E-state index in [9.17, 15) is 5.11 Å². The van der Waals surface area contributed by atoms with Gasteiger partial charge in [-0.3, -0.25) is 4.99 Å². The van der Waals surface area contributed by atoms with Gasteiger partial charge >= 0.3 is 0 Å². The summed E-state index contributed by atoms with van der Waals surface area (Å²) in [5, 5.41) is 9.43. The normalized spacial score (nSPS) is 16.4. The SMILES string of the molecule is Cc1cc2c(cc1C)N=C(C(C)O)C2. The minimum atomic E-state index is -0.428. The number of fused-ring (bicyclic) bond motifs is 1. The molecule has 0 aliphatic carbocycles. The summed E-state index contributed by atoms with van der Waals surface area (Å²) in [6.45, 7) is 5.96. The van der Waals surface area contributed by atoms with Crippen molar-refractivity contribution in [3.63, 3.8) is 0 Å². The van der Waals surface area contributed by atoms with E-state index in [1.54, 1.807) is 6.92 Å². The smallest absolute Gasteiger partial charge is 0.0896 e. The van der Waals surface area contributed by atoms with Crippen molar-refractivity contribution in [3.05, 3.63) is 28.8 Å². The van der Waals surface area contributed by atoms with E-state index in [-0.39, 0.29) is 0 Å². The van der Waals surface area contributed by atoms with Crippen LogP contribution in [0.4, 0.5) is 5.69 Å². The van der Waals surface area contributed by atoms with Crippen molar-refractivity contribution in [2.45, 2.75) is 33.3 Å². The molecule has 1 aliphatic heterocycles. The number of aliphatic imine (C=N–C) groups is 1. The van der Waals surface area contributed by atoms with Gasteiger partial charge in [-0.25, -0.2) is 0 Å². The third-order valence-electron chi connectivity index (χ3n) is 2.81. The van der Waals surface area contributed by atoms with Gasteiger partial charge in [-0.1, -0.05) is 6.07 Å². The molecule has 0 saturated carbocycles. The number of hydrogen-bond donors (Lipinski definition) is 1. The lowest BCUT2D eigenvalue weighted by Gasteiger charge is -2.03. The number of aliphatic hydroxyl groups excluding tert-OH is 1. The number of benzene rings is 1. The third-order valence-corrected chi connectivity index (χ3v) is 2.81. The first-order valence-corrected chi connectivity index (χ1v) is 4.93. The Hall–Kier alpha value is -1.15. The fourth-order valence-corrected chi connectivity index (χ4v) is 1.74. The highest BCUT2D eigenvalue weighted by molar-refractivity contribution is 5.96. The van der Waals surface area contributed by atoms with Crippen molar-refractivity contribution in [2.75, 3.05) is 0 Å². The highest BCUT2D eigenvalue weighted by Crippen LogP contribution is 2.30. The second kappa shape index (κ2) is 3.21. The standard InChI is InChI=1S/C12H15NO/c1-7-4-10-6-11(9(3)14)13-12(10)5-8(7)2/h4-5,9,14H,6H2,1-3H3. The maximum absolute atomic E-state index is 9.43. The summed E-state index contributed by atoms with van der Waals surface area (Å²) in [4.78, 5) is 4.42. The van der Waals surface area contributed by atoms with Crippen LogP contribution in [0.5, 0.6) is 0 Å². The second-order valence-electron chi connectivity index (χ2n) is 4.02. The Kier molecular flexibility index (Phi) is 2.16. The molecule has 0 amide bonds. The Balaban J connectivity index is 2.42. The van der Waals surface area contributed by atoms with Crippen molar-refractivity contribution >= 4 is 11.4 Å². The summed E-state index contributed by atoms with van der Waals surface area (Å²) < 4.78 is 0. The van der Waals surface area contributed by atoms with Crippen molar-refractivity contribution in [2.24, 2.45) is 4.99 Å². The molecule has 1 heterocycles. The topological polar surface area (TPSA) is 32.6 Å². The van der Waals surface area contributed by atoms with Gasteiger partial charge in [-0.15, -0.1) is 0 Å². The fraction of sp³-hybridized carbons (Fsp3) is 0.417. The molecule has 14 heavy (non-hydrogen) atoms. The van der Waals surface area contributed by atoms with Crippen LogP contribution in [0.2, 0.25) is 0 Å². The van der Waals surface area contributed by atoms with Crippen LogP contribution in [0.25, 0.3) is 0 Å². The molecule has 74 valence electrons. The van der Waals surface area contributed by atoms with E-state index in [0.29, 0.717) is 0 Å². The fourth-order valence-electron chi connectivity index (χ4n) is 1.74. The largest absolute Gasteiger partial charge is 0.387 e. The predicted molar refractivity (Wildman–Crippen MR) is 58.4 cm³/mol. The molecule has 1 aromatic rings. The van der Waals surface area contributed by atoms with Crippen molar-refractivity contribution in [3.8, 4) is 0 Å². The summed E-state index contributed by atoms with van der Waals surface area (Å²) in [5.74, 6) is 0. The maximum atomic E-state index is 9.43. The van der Waals surface area contributed by atoms with Crippen LogP contribution in [-0.4, -0.2) is 16.9 Å². The summed E-state index contributed by atoms with van der Waals surface area (Å²) >= 11 is 0. The minimum absolute atomic E-state index is 0.428. The van der Waals surface area contributed by atoms with Gasteiger partial charge in [-0.05, 0) is 43.5 Å².